The number of carbonyl (C=O) groups excluding carboxylic acids is 1. The third-order valence-electron chi connectivity index (χ3n) is 3.22. The van der Waals surface area contributed by atoms with Crippen LogP contribution in [-0.2, 0) is 4.79 Å². The Morgan fingerprint density at radius 2 is 2.47 bits per heavy atom. The molecule has 0 unspecified atom stereocenters. The van der Waals surface area contributed by atoms with E-state index in [4.69, 9.17) is 4.42 Å². The van der Waals surface area contributed by atoms with E-state index in [1.807, 2.05) is 21.8 Å². The van der Waals surface area contributed by atoms with Crippen molar-refractivity contribution in [2.75, 3.05) is 13.1 Å². The predicted molar refractivity (Wildman–Crippen MR) is 68.0 cm³/mol. The number of carbonyl (C=O) groups is 1. The highest BCUT2D eigenvalue weighted by atomic mass is 16.3. The molecule has 0 aliphatic carbocycles. The van der Waals surface area contributed by atoms with Crippen LogP contribution in [0.1, 0.15) is 18.2 Å². The van der Waals surface area contributed by atoms with Crippen LogP contribution in [0.5, 0.6) is 0 Å². The highest BCUT2D eigenvalue weighted by molar-refractivity contribution is 5.91. The van der Waals surface area contributed by atoms with Gasteiger partial charge in [0.25, 0.3) is 0 Å². The van der Waals surface area contributed by atoms with Crippen LogP contribution in [0.3, 0.4) is 0 Å². The van der Waals surface area contributed by atoms with Crippen LogP contribution >= 0.6 is 0 Å². The normalized spacial score (nSPS) is 19.4. The van der Waals surface area contributed by atoms with E-state index in [9.17, 15) is 4.79 Å². The number of nitrogens with zero attached hydrogens (tertiary/aromatic N) is 4. The second-order valence-corrected chi connectivity index (χ2v) is 4.46. The van der Waals surface area contributed by atoms with Crippen LogP contribution in [0.25, 0.3) is 6.08 Å². The summed E-state index contributed by atoms with van der Waals surface area (Å²) in [6.45, 7) is 1.41. The molecule has 3 rings (SSSR count). The fourth-order valence-electron chi connectivity index (χ4n) is 2.21. The second kappa shape index (κ2) is 5.09. The van der Waals surface area contributed by atoms with Gasteiger partial charge in [-0.1, -0.05) is 5.21 Å². The number of hydrogen-bond donors (Lipinski definition) is 0. The molecule has 0 radical (unpaired) electrons. The molecule has 1 amide bonds. The Kier molecular flexibility index (Phi) is 3.14. The Morgan fingerprint density at radius 1 is 1.53 bits per heavy atom. The molecule has 1 saturated heterocycles. The van der Waals surface area contributed by atoms with Crippen LogP contribution in [0.4, 0.5) is 0 Å². The molecule has 19 heavy (non-hydrogen) atoms. The van der Waals surface area contributed by atoms with Gasteiger partial charge in [0.15, 0.2) is 0 Å². The first-order valence-electron chi connectivity index (χ1n) is 6.19. The topological polar surface area (TPSA) is 64.2 Å². The second-order valence-electron chi connectivity index (χ2n) is 4.46. The lowest BCUT2D eigenvalue weighted by Crippen LogP contribution is -2.27. The monoisotopic (exact) mass is 258 g/mol. The van der Waals surface area contributed by atoms with Gasteiger partial charge < -0.3 is 9.32 Å². The number of amides is 1. The first-order valence-corrected chi connectivity index (χ1v) is 6.19. The van der Waals surface area contributed by atoms with Gasteiger partial charge in [-0.25, -0.2) is 4.68 Å². The van der Waals surface area contributed by atoms with Crippen molar-refractivity contribution in [3.63, 3.8) is 0 Å². The SMILES string of the molecule is O=C(/C=C/c1ccco1)N1CC[C@H](n2ccnn2)C1. The molecule has 2 aromatic heterocycles. The van der Waals surface area contributed by atoms with E-state index in [1.165, 1.54) is 0 Å². The molecule has 1 fully saturated rings. The highest BCUT2D eigenvalue weighted by Gasteiger charge is 2.26. The maximum absolute atomic E-state index is 12.0. The Labute approximate surface area is 110 Å². The molecular weight excluding hydrogens is 244 g/mol. The van der Waals surface area contributed by atoms with E-state index in [1.54, 1.807) is 30.7 Å². The molecule has 0 bridgehead atoms. The van der Waals surface area contributed by atoms with Gasteiger partial charge in [0.1, 0.15) is 5.76 Å². The molecule has 0 N–H and O–H groups in total. The summed E-state index contributed by atoms with van der Waals surface area (Å²) in [4.78, 5) is 13.8. The number of rotatable bonds is 3. The van der Waals surface area contributed by atoms with Gasteiger partial charge in [0.05, 0.1) is 18.5 Å². The summed E-state index contributed by atoms with van der Waals surface area (Å²) in [7, 11) is 0. The number of likely N-dealkylation sites (tertiary alicyclic amines) is 1. The summed E-state index contributed by atoms with van der Waals surface area (Å²) in [5.74, 6) is 0.680. The zero-order chi connectivity index (χ0) is 13.1. The van der Waals surface area contributed by atoms with E-state index in [2.05, 4.69) is 10.3 Å². The maximum Gasteiger partial charge on any atom is 0.246 e. The van der Waals surface area contributed by atoms with Crippen molar-refractivity contribution < 1.29 is 9.21 Å². The molecule has 1 aliphatic heterocycles. The van der Waals surface area contributed by atoms with Crippen molar-refractivity contribution >= 4 is 12.0 Å². The van der Waals surface area contributed by atoms with Gasteiger partial charge in [-0.05, 0) is 24.6 Å². The van der Waals surface area contributed by atoms with Crippen molar-refractivity contribution in [3.8, 4) is 0 Å². The Bertz CT molecular complexity index is 559. The fraction of sp³-hybridized carbons (Fsp3) is 0.308. The zero-order valence-corrected chi connectivity index (χ0v) is 10.3. The minimum atomic E-state index is -0.000912. The van der Waals surface area contributed by atoms with Crippen molar-refractivity contribution in [2.45, 2.75) is 12.5 Å². The zero-order valence-electron chi connectivity index (χ0n) is 10.3. The van der Waals surface area contributed by atoms with E-state index < -0.39 is 0 Å². The summed E-state index contributed by atoms with van der Waals surface area (Å²) >= 11 is 0. The summed E-state index contributed by atoms with van der Waals surface area (Å²) in [6, 6.07) is 3.83. The van der Waals surface area contributed by atoms with Gasteiger partial charge in [-0.3, -0.25) is 4.79 Å². The van der Waals surface area contributed by atoms with Crippen molar-refractivity contribution in [1.82, 2.24) is 19.9 Å². The molecule has 1 aliphatic rings. The van der Waals surface area contributed by atoms with Crippen molar-refractivity contribution in [1.29, 1.82) is 0 Å². The van der Waals surface area contributed by atoms with E-state index in [-0.39, 0.29) is 11.9 Å². The fourth-order valence-corrected chi connectivity index (χ4v) is 2.21. The average Bonchev–Trinajstić information content (AvgIpc) is 3.14. The summed E-state index contributed by atoms with van der Waals surface area (Å²) < 4.78 is 6.96. The van der Waals surface area contributed by atoms with Crippen LogP contribution in [-0.4, -0.2) is 38.9 Å². The lowest BCUT2D eigenvalue weighted by atomic mass is 10.3. The number of furan rings is 1. The number of hydrogen-bond acceptors (Lipinski definition) is 4. The molecule has 3 heterocycles. The summed E-state index contributed by atoms with van der Waals surface area (Å²) in [6.07, 6.45) is 9.21. The smallest absolute Gasteiger partial charge is 0.246 e. The Balaban J connectivity index is 1.60. The van der Waals surface area contributed by atoms with Gasteiger partial charge in [0, 0.05) is 25.4 Å². The van der Waals surface area contributed by atoms with Gasteiger partial charge in [0.2, 0.25) is 5.91 Å². The van der Waals surface area contributed by atoms with Crippen LogP contribution < -0.4 is 0 Å². The molecule has 2 aromatic rings. The van der Waals surface area contributed by atoms with Crippen LogP contribution in [0.15, 0.2) is 41.3 Å². The first kappa shape index (κ1) is 11.7. The third-order valence-corrected chi connectivity index (χ3v) is 3.22. The number of aromatic nitrogens is 3. The molecule has 6 nitrogen and oxygen atoms in total. The molecule has 0 spiro atoms. The Morgan fingerprint density at radius 3 is 3.21 bits per heavy atom. The first-order chi connectivity index (χ1) is 9.33. The minimum absolute atomic E-state index is 0.000912. The molecule has 0 saturated carbocycles. The van der Waals surface area contributed by atoms with E-state index in [0.29, 0.717) is 12.3 Å². The van der Waals surface area contributed by atoms with Crippen molar-refractivity contribution in [2.24, 2.45) is 0 Å². The highest BCUT2D eigenvalue weighted by Crippen LogP contribution is 2.20. The summed E-state index contributed by atoms with van der Waals surface area (Å²) in [5.41, 5.74) is 0. The van der Waals surface area contributed by atoms with Gasteiger partial charge in [-0.2, -0.15) is 0 Å². The lowest BCUT2D eigenvalue weighted by molar-refractivity contribution is -0.125. The predicted octanol–water partition coefficient (Wildman–Crippen LogP) is 1.36. The average molecular weight is 258 g/mol. The largest absolute Gasteiger partial charge is 0.465 e. The Hall–Kier alpha value is -2.37. The van der Waals surface area contributed by atoms with Gasteiger partial charge >= 0.3 is 0 Å². The molecular formula is C13H14N4O2. The standard InChI is InChI=1S/C13H14N4O2/c18-13(4-3-12-2-1-9-19-12)16-7-5-11(10-16)17-8-6-14-15-17/h1-4,6,8-9,11H,5,7,10H2/b4-3+/t11-/m0/s1. The third kappa shape index (κ3) is 2.57. The van der Waals surface area contributed by atoms with Crippen LogP contribution in [0.2, 0.25) is 0 Å². The quantitative estimate of drug-likeness (QED) is 0.780. The molecule has 0 aromatic carbocycles. The molecule has 1 atom stereocenters. The van der Waals surface area contributed by atoms with E-state index >= 15 is 0 Å². The van der Waals surface area contributed by atoms with Crippen LogP contribution in [0, 0.1) is 0 Å². The maximum atomic E-state index is 12.0. The molecule has 98 valence electrons. The van der Waals surface area contributed by atoms with E-state index in [0.717, 1.165) is 13.0 Å². The lowest BCUT2D eigenvalue weighted by Gasteiger charge is -2.14. The van der Waals surface area contributed by atoms with Crippen molar-refractivity contribution in [3.05, 3.63) is 42.6 Å². The summed E-state index contributed by atoms with van der Waals surface area (Å²) in [5, 5.41) is 7.76. The minimum Gasteiger partial charge on any atom is -0.465 e. The van der Waals surface area contributed by atoms with Gasteiger partial charge in [-0.15, -0.1) is 5.10 Å². The molecule has 6 heteroatoms.